The molecule has 2 rings (SSSR count). The number of rotatable bonds is 2. The van der Waals surface area contributed by atoms with Crippen LogP contribution in [0.2, 0.25) is 5.02 Å². The van der Waals surface area contributed by atoms with E-state index >= 15 is 0 Å². The first-order valence-electron chi connectivity index (χ1n) is 5.65. The fraction of sp³-hybridized carbons (Fsp3) is 0.286. The van der Waals surface area contributed by atoms with Gasteiger partial charge in [0.25, 0.3) is 0 Å². The third kappa shape index (κ3) is 2.62. The second-order valence-corrected chi connectivity index (χ2v) is 5.60. The molecule has 0 unspecified atom stereocenters. The van der Waals surface area contributed by atoms with E-state index in [1.54, 1.807) is 18.2 Å². The third-order valence-corrected chi connectivity index (χ3v) is 2.80. The summed E-state index contributed by atoms with van der Waals surface area (Å²) >= 11 is 5.81. The van der Waals surface area contributed by atoms with Gasteiger partial charge in [-0.1, -0.05) is 37.5 Å². The summed E-state index contributed by atoms with van der Waals surface area (Å²) in [5.41, 5.74) is 0.737. The van der Waals surface area contributed by atoms with Crippen LogP contribution < -0.4 is 0 Å². The van der Waals surface area contributed by atoms with Crippen LogP contribution in [0.25, 0.3) is 11.3 Å². The fourth-order valence-electron chi connectivity index (χ4n) is 1.52. The van der Waals surface area contributed by atoms with Crippen molar-refractivity contribution in [1.82, 2.24) is 5.16 Å². The maximum atomic E-state index is 12.0. The van der Waals surface area contributed by atoms with Crippen LogP contribution >= 0.6 is 11.6 Å². The third-order valence-electron chi connectivity index (χ3n) is 2.55. The minimum absolute atomic E-state index is 0.0357. The Bertz CT molecular complexity index is 564. The van der Waals surface area contributed by atoms with Gasteiger partial charge in [0.2, 0.25) is 0 Å². The second kappa shape index (κ2) is 4.58. The van der Waals surface area contributed by atoms with Crippen LogP contribution in [0.5, 0.6) is 0 Å². The van der Waals surface area contributed by atoms with Gasteiger partial charge in [-0.05, 0) is 24.3 Å². The molecule has 0 aliphatic heterocycles. The number of benzene rings is 1. The molecule has 0 aliphatic carbocycles. The smallest absolute Gasteiger partial charge is 0.190 e. The van der Waals surface area contributed by atoms with Crippen molar-refractivity contribution < 1.29 is 9.32 Å². The number of aromatic nitrogens is 1. The van der Waals surface area contributed by atoms with Crippen molar-refractivity contribution in [3.05, 3.63) is 41.0 Å². The monoisotopic (exact) mass is 263 g/mol. The van der Waals surface area contributed by atoms with Crippen LogP contribution in [0, 0.1) is 5.41 Å². The van der Waals surface area contributed by atoms with E-state index < -0.39 is 5.41 Å². The summed E-state index contributed by atoms with van der Waals surface area (Å²) in [4.78, 5) is 12.0. The van der Waals surface area contributed by atoms with Crippen molar-refractivity contribution in [2.45, 2.75) is 20.8 Å². The van der Waals surface area contributed by atoms with Crippen molar-refractivity contribution in [2.24, 2.45) is 5.41 Å². The average molecular weight is 264 g/mol. The largest absolute Gasteiger partial charge is 0.356 e. The Balaban J connectivity index is 2.31. The Kier molecular flexibility index (Phi) is 3.26. The lowest BCUT2D eigenvalue weighted by Gasteiger charge is -2.13. The van der Waals surface area contributed by atoms with Crippen LogP contribution in [0.1, 0.15) is 31.3 Å². The molecular weight excluding hydrogens is 250 g/mol. The summed E-state index contributed by atoms with van der Waals surface area (Å²) in [6.07, 6.45) is 0. The van der Waals surface area contributed by atoms with E-state index in [1.807, 2.05) is 32.9 Å². The summed E-state index contributed by atoms with van der Waals surface area (Å²) in [6, 6.07) is 8.86. The summed E-state index contributed by atoms with van der Waals surface area (Å²) in [5.74, 6) is 0.533. The molecule has 0 radical (unpaired) electrons. The SMILES string of the molecule is CC(C)(C)C(=O)c1cc(-c2ccc(Cl)cc2)on1. The van der Waals surface area contributed by atoms with Crippen LogP contribution in [-0.4, -0.2) is 10.9 Å². The highest BCUT2D eigenvalue weighted by Crippen LogP contribution is 2.25. The van der Waals surface area contributed by atoms with E-state index in [0.717, 1.165) is 5.56 Å². The van der Waals surface area contributed by atoms with E-state index in [1.165, 1.54) is 0 Å². The molecule has 0 N–H and O–H groups in total. The summed E-state index contributed by atoms with van der Waals surface area (Å²) in [7, 11) is 0. The Hall–Kier alpha value is -1.61. The number of carbonyl (C=O) groups is 1. The minimum atomic E-state index is -0.464. The Morgan fingerprint density at radius 2 is 1.83 bits per heavy atom. The van der Waals surface area contributed by atoms with Crippen molar-refractivity contribution in [3.8, 4) is 11.3 Å². The molecule has 0 saturated carbocycles. The topological polar surface area (TPSA) is 43.1 Å². The van der Waals surface area contributed by atoms with Crippen LogP contribution in [-0.2, 0) is 0 Å². The van der Waals surface area contributed by atoms with Crippen molar-refractivity contribution in [1.29, 1.82) is 0 Å². The molecule has 0 saturated heterocycles. The van der Waals surface area contributed by atoms with Crippen LogP contribution in [0.15, 0.2) is 34.9 Å². The van der Waals surface area contributed by atoms with E-state index in [0.29, 0.717) is 16.5 Å². The molecule has 3 nitrogen and oxygen atoms in total. The fourth-order valence-corrected chi connectivity index (χ4v) is 1.64. The summed E-state index contributed by atoms with van der Waals surface area (Å²) in [5, 5.41) is 4.48. The summed E-state index contributed by atoms with van der Waals surface area (Å²) in [6.45, 7) is 5.56. The first-order valence-corrected chi connectivity index (χ1v) is 6.03. The van der Waals surface area contributed by atoms with E-state index in [9.17, 15) is 4.79 Å². The molecule has 4 heteroatoms. The van der Waals surface area contributed by atoms with Gasteiger partial charge < -0.3 is 4.52 Å². The molecule has 1 heterocycles. The maximum absolute atomic E-state index is 12.0. The summed E-state index contributed by atoms with van der Waals surface area (Å²) < 4.78 is 5.19. The number of Topliss-reactive ketones (excluding diaryl/α,β-unsaturated/α-hetero) is 1. The molecule has 2 aromatic rings. The Labute approximate surface area is 111 Å². The van der Waals surface area contributed by atoms with Gasteiger partial charge in [-0.15, -0.1) is 0 Å². The molecule has 1 aromatic heterocycles. The van der Waals surface area contributed by atoms with Crippen molar-refractivity contribution in [2.75, 3.05) is 0 Å². The standard InChI is InChI=1S/C14H14ClNO2/c1-14(2,3)13(17)11-8-12(18-16-11)9-4-6-10(15)7-5-9/h4-8H,1-3H3. The zero-order valence-corrected chi connectivity index (χ0v) is 11.3. The highest BCUT2D eigenvalue weighted by molar-refractivity contribution is 6.30. The van der Waals surface area contributed by atoms with E-state index in [2.05, 4.69) is 5.16 Å². The molecule has 0 bridgehead atoms. The lowest BCUT2D eigenvalue weighted by atomic mass is 9.89. The Morgan fingerprint density at radius 1 is 1.22 bits per heavy atom. The minimum Gasteiger partial charge on any atom is -0.356 e. The number of halogens is 1. The number of hydrogen-bond donors (Lipinski definition) is 0. The molecule has 0 atom stereocenters. The Morgan fingerprint density at radius 3 is 2.39 bits per heavy atom. The number of nitrogens with zero attached hydrogens (tertiary/aromatic N) is 1. The molecule has 1 aromatic carbocycles. The highest BCUT2D eigenvalue weighted by Gasteiger charge is 2.26. The quantitative estimate of drug-likeness (QED) is 0.762. The maximum Gasteiger partial charge on any atom is 0.190 e. The van der Waals surface area contributed by atoms with Crippen LogP contribution in [0.3, 0.4) is 0 Å². The van der Waals surface area contributed by atoms with Gasteiger partial charge in [0.05, 0.1) is 0 Å². The highest BCUT2D eigenvalue weighted by atomic mass is 35.5. The van der Waals surface area contributed by atoms with Gasteiger partial charge in [-0.3, -0.25) is 4.79 Å². The molecule has 0 amide bonds. The number of ketones is 1. The predicted octanol–water partition coefficient (Wildman–Crippen LogP) is 4.22. The molecule has 0 fully saturated rings. The van der Waals surface area contributed by atoms with E-state index in [4.69, 9.17) is 16.1 Å². The van der Waals surface area contributed by atoms with Crippen LogP contribution in [0.4, 0.5) is 0 Å². The molecule has 0 spiro atoms. The lowest BCUT2D eigenvalue weighted by Crippen LogP contribution is -2.20. The zero-order valence-electron chi connectivity index (χ0n) is 10.5. The van der Waals surface area contributed by atoms with Gasteiger partial charge >= 0.3 is 0 Å². The van der Waals surface area contributed by atoms with E-state index in [-0.39, 0.29) is 5.78 Å². The molecule has 94 valence electrons. The lowest BCUT2D eigenvalue weighted by molar-refractivity contribution is 0.0848. The van der Waals surface area contributed by atoms with Gasteiger partial charge in [-0.25, -0.2) is 0 Å². The molecule has 18 heavy (non-hydrogen) atoms. The van der Waals surface area contributed by atoms with Crippen molar-refractivity contribution in [3.63, 3.8) is 0 Å². The first-order chi connectivity index (χ1) is 8.38. The zero-order chi connectivity index (χ0) is 13.3. The van der Waals surface area contributed by atoms with Gasteiger partial charge in [0, 0.05) is 22.1 Å². The number of carbonyl (C=O) groups excluding carboxylic acids is 1. The van der Waals surface area contributed by atoms with Crippen molar-refractivity contribution >= 4 is 17.4 Å². The predicted molar refractivity (Wildman–Crippen MR) is 70.7 cm³/mol. The average Bonchev–Trinajstić information content (AvgIpc) is 2.77. The van der Waals surface area contributed by atoms with Gasteiger partial charge in [0.15, 0.2) is 17.2 Å². The first kappa shape index (κ1) is 12.8. The molecule has 0 aliphatic rings. The van der Waals surface area contributed by atoms with Gasteiger partial charge in [-0.2, -0.15) is 0 Å². The molecular formula is C14H14ClNO2. The number of hydrogen-bond acceptors (Lipinski definition) is 3. The van der Waals surface area contributed by atoms with Gasteiger partial charge in [0.1, 0.15) is 0 Å². The normalized spacial score (nSPS) is 11.6. The second-order valence-electron chi connectivity index (χ2n) is 5.16.